The van der Waals surface area contributed by atoms with Crippen LogP contribution < -0.4 is 20.5 Å². The summed E-state index contributed by atoms with van der Waals surface area (Å²) in [7, 11) is 0. The number of amides is 2. The van der Waals surface area contributed by atoms with Gasteiger partial charge in [0.15, 0.2) is 5.92 Å². The van der Waals surface area contributed by atoms with Gasteiger partial charge in [-0.05, 0) is 29.3 Å². The van der Waals surface area contributed by atoms with E-state index in [-0.39, 0.29) is 37.3 Å². The summed E-state index contributed by atoms with van der Waals surface area (Å²) in [5.41, 5.74) is 6.93. The van der Waals surface area contributed by atoms with Crippen LogP contribution in [0.5, 0.6) is 6.01 Å². The average Bonchev–Trinajstić information content (AvgIpc) is 3.41. The maximum absolute atomic E-state index is 14.0. The summed E-state index contributed by atoms with van der Waals surface area (Å²) in [6, 6.07) is 12.4. The van der Waals surface area contributed by atoms with E-state index in [1.807, 2.05) is 29.2 Å². The Hall–Kier alpha value is -4.81. The third-order valence-corrected chi connectivity index (χ3v) is 8.13. The highest BCUT2D eigenvalue weighted by Gasteiger charge is 2.55. The van der Waals surface area contributed by atoms with Crippen molar-refractivity contribution in [3.05, 3.63) is 77.2 Å². The van der Waals surface area contributed by atoms with E-state index in [0.29, 0.717) is 31.7 Å². The fraction of sp³-hybridized carbons (Fsp3) is 0.379. The zero-order valence-corrected chi connectivity index (χ0v) is 23.4. The van der Waals surface area contributed by atoms with Crippen LogP contribution in [0, 0.1) is 17.2 Å². The van der Waals surface area contributed by atoms with Crippen LogP contribution in [0.3, 0.4) is 0 Å². The molecule has 228 valence electrons. The first-order valence-electron chi connectivity index (χ1n) is 14.0. The number of rotatable bonds is 6. The lowest BCUT2D eigenvalue weighted by Gasteiger charge is -2.40. The van der Waals surface area contributed by atoms with Gasteiger partial charge in [0.25, 0.3) is 5.91 Å². The maximum atomic E-state index is 14.0. The Morgan fingerprint density at radius 2 is 1.89 bits per heavy atom. The number of nitrogens with zero attached hydrogens (tertiary/aromatic N) is 7. The summed E-state index contributed by atoms with van der Waals surface area (Å²) in [5, 5.41) is 8.98. The second-order valence-corrected chi connectivity index (χ2v) is 10.7. The summed E-state index contributed by atoms with van der Waals surface area (Å²) >= 11 is 0. The van der Waals surface area contributed by atoms with Crippen LogP contribution in [0.4, 0.5) is 19.0 Å². The number of anilines is 1. The van der Waals surface area contributed by atoms with Crippen molar-refractivity contribution in [3.8, 4) is 12.1 Å². The molecule has 2 aromatic heterocycles. The molecule has 3 aromatic rings. The van der Waals surface area contributed by atoms with Gasteiger partial charge in [0.1, 0.15) is 24.2 Å². The zero-order chi connectivity index (χ0) is 30.8. The molecule has 3 unspecified atom stereocenters. The fourth-order valence-corrected chi connectivity index (χ4v) is 5.93. The van der Waals surface area contributed by atoms with Crippen molar-refractivity contribution >= 4 is 17.6 Å². The monoisotopic (exact) mass is 607 g/mol. The number of nitrogens with one attached hydrogen (secondary N) is 2. The standard InChI is InChI=1S/C29H28F3N9O3/c30-29(31,32)25-22(15-36-38-26(25)42)41-16-19-3-1-2-4-20(19)23(41)17-44-28-34-8-7-21(37-28)27(43)40-11-9-39(10-12-40)24-6-5-18(13-33)14-35-24/h1-8,14,22-23,25,36H,9-12,15-17H2,(H,38,42). The topological polar surface area (TPSA) is 140 Å². The number of carbonyl (C=O) groups excluding carboxylic acids is 2. The molecular weight excluding hydrogens is 579 g/mol. The van der Waals surface area contributed by atoms with Crippen LogP contribution in [0.1, 0.15) is 33.2 Å². The molecule has 1 aromatic carbocycles. The lowest BCUT2D eigenvalue weighted by atomic mass is 9.94. The minimum absolute atomic E-state index is 0.0764. The van der Waals surface area contributed by atoms with E-state index in [1.54, 1.807) is 28.0 Å². The molecule has 0 radical (unpaired) electrons. The smallest absolute Gasteiger partial charge is 0.402 e. The van der Waals surface area contributed by atoms with Gasteiger partial charge in [-0.3, -0.25) is 19.9 Å². The lowest BCUT2D eigenvalue weighted by Crippen LogP contribution is -2.64. The number of nitriles is 1. The van der Waals surface area contributed by atoms with Gasteiger partial charge in [-0.2, -0.15) is 23.4 Å². The summed E-state index contributed by atoms with van der Waals surface area (Å²) in [6.45, 7) is 1.96. The number of hydrazine groups is 1. The summed E-state index contributed by atoms with van der Waals surface area (Å²) in [6.07, 6.45) is -1.82. The van der Waals surface area contributed by atoms with E-state index in [2.05, 4.69) is 25.8 Å². The lowest BCUT2D eigenvalue weighted by molar-refractivity contribution is -0.202. The quantitative estimate of drug-likeness (QED) is 0.427. The van der Waals surface area contributed by atoms with E-state index in [0.717, 1.165) is 16.9 Å². The van der Waals surface area contributed by atoms with E-state index < -0.39 is 30.1 Å². The summed E-state index contributed by atoms with van der Waals surface area (Å²) < 4.78 is 47.9. The minimum Gasteiger partial charge on any atom is -0.461 e. The Labute approximate surface area is 250 Å². The minimum atomic E-state index is -4.74. The molecule has 12 nitrogen and oxygen atoms in total. The van der Waals surface area contributed by atoms with Crippen LogP contribution in [-0.2, 0) is 11.3 Å². The van der Waals surface area contributed by atoms with Gasteiger partial charge in [-0.15, -0.1) is 0 Å². The maximum Gasteiger partial charge on any atom is 0.402 e. The van der Waals surface area contributed by atoms with Crippen LogP contribution in [0.25, 0.3) is 0 Å². The Morgan fingerprint density at radius 3 is 2.61 bits per heavy atom. The molecule has 3 aliphatic heterocycles. The van der Waals surface area contributed by atoms with Gasteiger partial charge in [0, 0.05) is 57.7 Å². The van der Waals surface area contributed by atoms with Gasteiger partial charge in [0.05, 0.1) is 11.6 Å². The number of ether oxygens (including phenoxy) is 1. The molecule has 44 heavy (non-hydrogen) atoms. The molecule has 15 heteroatoms. The third-order valence-electron chi connectivity index (χ3n) is 8.13. The molecule has 2 amide bonds. The number of hydrogen-bond donors (Lipinski definition) is 2. The van der Waals surface area contributed by atoms with E-state index >= 15 is 0 Å². The molecule has 3 aliphatic rings. The van der Waals surface area contributed by atoms with Gasteiger partial charge in [-0.25, -0.2) is 15.4 Å². The Bertz CT molecular complexity index is 1570. The molecule has 6 rings (SSSR count). The second-order valence-electron chi connectivity index (χ2n) is 10.7. The first-order valence-corrected chi connectivity index (χ1v) is 14.0. The molecule has 5 heterocycles. The normalized spacial score (nSPS) is 22.2. The van der Waals surface area contributed by atoms with Crippen molar-refractivity contribution < 1.29 is 27.5 Å². The van der Waals surface area contributed by atoms with Crippen molar-refractivity contribution in [3.63, 3.8) is 0 Å². The summed E-state index contributed by atoms with van der Waals surface area (Å²) in [4.78, 5) is 43.6. The molecule has 0 saturated carbocycles. The van der Waals surface area contributed by atoms with Crippen molar-refractivity contribution in [2.45, 2.75) is 24.8 Å². The number of hydrogen-bond acceptors (Lipinski definition) is 10. The molecule has 2 N–H and O–H groups in total. The second kappa shape index (κ2) is 12.1. The first-order chi connectivity index (χ1) is 21.2. The SMILES string of the molecule is N#Cc1ccc(N2CCN(C(=O)c3ccnc(OCC4c5ccccc5CN4C4CNNC(=O)C4C(F)(F)F)n3)CC2)nc1. The van der Waals surface area contributed by atoms with Crippen LogP contribution >= 0.6 is 0 Å². The van der Waals surface area contributed by atoms with Gasteiger partial charge < -0.3 is 14.5 Å². The number of piperazine rings is 1. The fourth-order valence-electron chi connectivity index (χ4n) is 5.93. The average molecular weight is 608 g/mol. The molecule has 0 bridgehead atoms. The highest BCUT2D eigenvalue weighted by Crippen LogP contribution is 2.41. The number of fused-ring (bicyclic) bond motifs is 1. The van der Waals surface area contributed by atoms with Crippen LogP contribution in [0.15, 0.2) is 54.9 Å². The number of halogens is 3. The zero-order valence-electron chi connectivity index (χ0n) is 23.4. The molecule has 2 saturated heterocycles. The molecule has 0 spiro atoms. The number of alkyl halides is 3. The number of benzene rings is 1. The Kier molecular flexibility index (Phi) is 8.02. The van der Waals surface area contributed by atoms with Crippen LogP contribution in [0.2, 0.25) is 0 Å². The number of pyridine rings is 1. The molecular formula is C29H28F3N9O3. The van der Waals surface area contributed by atoms with Crippen LogP contribution in [-0.4, -0.2) is 88.1 Å². The number of carbonyl (C=O) groups is 2. The predicted octanol–water partition coefficient (Wildman–Crippen LogP) is 1.82. The molecule has 0 aliphatic carbocycles. The Balaban J connectivity index is 1.13. The van der Waals surface area contributed by atoms with Crippen molar-refractivity contribution in [2.75, 3.05) is 44.2 Å². The highest BCUT2D eigenvalue weighted by molar-refractivity contribution is 5.92. The highest BCUT2D eigenvalue weighted by atomic mass is 19.4. The predicted molar refractivity (Wildman–Crippen MR) is 149 cm³/mol. The number of aromatic nitrogens is 3. The van der Waals surface area contributed by atoms with E-state index in [1.165, 1.54) is 18.5 Å². The summed E-state index contributed by atoms with van der Waals surface area (Å²) in [5.74, 6) is -2.92. The van der Waals surface area contributed by atoms with Gasteiger partial charge in [0.2, 0.25) is 5.91 Å². The van der Waals surface area contributed by atoms with E-state index in [9.17, 15) is 22.8 Å². The van der Waals surface area contributed by atoms with E-state index in [4.69, 9.17) is 10.00 Å². The van der Waals surface area contributed by atoms with Crippen molar-refractivity contribution in [2.24, 2.45) is 5.92 Å². The third kappa shape index (κ3) is 5.86. The van der Waals surface area contributed by atoms with Crippen molar-refractivity contribution in [1.82, 2.24) is 35.6 Å². The first kappa shape index (κ1) is 29.3. The Morgan fingerprint density at radius 1 is 1.09 bits per heavy atom. The molecule has 2 fully saturated rings. The largest absolute Gasteiger partial charge is 0.461 e. The molecule has 3 atom stereocenters. The van der Waals surface area contributed by atoms with Gasteiger partial charge >= 0.3 is 12.2 Å². The van der Waals surface area contributed by atoms with Crippen molar-refractivity contribution in [1.29, 1.82) is 5.26 Å². The van der Waals surface area contributed by atoms with Gasteiger partial charge in [-0.1, -0.05) is 24.3 Å².